The highest BCUT2D eigenvalue weighted by Gasteiger charge is 2.18. The van der Waals surface area contributed by atoms with E-state index in [9.17, 15) is 10.1 Å². The van der Waals surface area contributed by atoms with Crippen LogP contribution in [-0.4, -0.2) is 15.8 Å². The van der Waals surface area contributed by atoms with E-state index >= 15 is 0 Å². The van der Waals surface area contributed by atoms with Gasteiger partial charge in [0.05, 0.1) is 22.9 Å². The van der Waals surface area contributed by atoms with Crippen LogP contribution in [0.25, 0.3) is 10.8 Å². The van der Waals surface area contributed by atoms with Gasteiger partial charge in [0.25, 0.3) is 0 Å². The van der Waals surface area contributed by atoms with E-state index in [0.29, 0.717) is 41.5 Å². The van der Waals surface area contributed by atoms with Gasteiger partial charge in [0.15, 0.2) is 5.78 Å². The average molecular weight is 434 g/mol. The first-order valence-corrected chi connectivity index (χ1v) is 11.0. The van der Waals surface area contributed by atoms with Crippen molar-refractivity contribution >= 4 is 28.2 Å². The summed E-state index contributed by atoms with van der Waals surface area (Å²) >= 11 is 0. The Labute approximate surface area is 191 Å². The van der Waals surface area contributed by atoms with E-state index in [1.54, 1.807) is 18.3 Å². The number of fused-ring (bicyclic) bond motifs is 2. The van der Waals surface area contributed by atoms with E-state index in [4.69, 9.17) is 4.74 Å². The van der Waals surface area contributed by atoms with Crippen LogP contribution >= 0.6 is 0 Å². The van der Waals surface area contributed by atoms with E-state index < -0.39 is 0 Å². The maximum Gasteiger partial charge on any atom is 0.227 e. The molecule has 0 amide bonds. The molecule has 33 heavy (non-hydrogen) atoms. The summed E-state index contributed by atoms with van der Waals surface area (Å²) < 4.78 is 6.01. The molecule has 0 atom stereocenters. The lowest BCUT2D eigenvalue weighted by Crippen LogP contribution is -2.07. The number of carbonyl (C=O) groups is 1. The standard InChI is InChI=1S/C27H22N4O2/c28-15-19-12-22(30-27-29-16-24-25(31-27)7-3-4-8-26(24)32)14-23(13-19)33-17-18-9-10-20-5-1-2-6-21(20)11-18/h1-2,5-6,9-14,16H,3-4,7-8,17H2,(H,29,30,31). The van der Waals surface area contributed by atoms with Gasteiger partial charge in [-0.05, 0) is 53.8 Å². The van der Waals surface area contributed by atoms with Gasteiger partial charge < -0.3 is 10.1 Å². The fourth-order valence-corrected chi connectivity index (χ4v) is 4.06. The Balaban J connectivity index is 1.35. The highest BCUT2D eigenvalue weighted by molar-refractivity contribution is 5.97. The number of aryl methyl sites for hydroxylation is 1. The number of ether oxygens (including phenoxy) is 1. The first-order chi connectivity index (χ1) is 16.2. The topological polar surface area (TPSA) is 87.9 Å². The van der Waals surface area contributed by atoms with Crippen LogP contribution in [0.1, 0.15) is 46.4 Å². The van der Waals surface area contributed by atoms with E-state index in [1.165, 1.54) is 5.39 Å². The number of anilines is 2. The van der Waals surface area contributed by atoms with Crippen molar-refractivity contribution in [2.75, 3.05) is 5.32 Å². The van der Waals surface area contributed by atoms with Crippen molar-refractivity contribution in [1.29, 1.82) is 5.26 Å². The summed E-state index contributed by atoms with van der Waals surface area (Å²) in [6.45, 7) is 0.386. The molecule has 3 aromatic carbocycles. The lowest BCUT2D eigenvalue weighted by atomic mass is 10.1. The quantitative estimate of drug-likeness (QED) is 0.403. The second-order valence-corrected chi connectivity index (χ2v) is 8.14. The Kier molecular flexibility index (Phi) is 5.69. The van der Waals surface area contributed by atoms with E-state index in [0.717, 1.165) is 35.9 Å². The van der Waals surface area contributed by atoms with Gasteiger partial charge in [0.2, 0.25) is 5.95 Å². The zero-order valence-electron chi connectivity index (χ0n) is 18.0. The lowest BCUT2D eigenvalue weighted by molar-refractivity contribution is 0.0981. The number of carbonyl (C=O) groups excluding carboxylic acids is 1. The minimum atomic E-state index is 0.102. The molecule has 0 unspecified atom stereocenters. The first kappa shape index (κ1) is 20.7. The van der Waals surface area contributed by atoms with Crippen molar-refractivity contribution < 1.29 is 9.53 Å². The summed E-state index contributed by atoms with van der Waals surface area (Å²) in [6, 6.07) is 21.8. The van der Waals surface area contributed by atoms with Gasteiger partial charge in [-0.3, -0.25) is 4.79 Å². The lowest BCUT2D eigenvalue weighted by Gasteiger charge is -2.12. The molecule has 6 nitrogen and oxygen atoms in total. The Hall–Kier alpha value is -4.24. The summed E-state index contributed by atoms with van der Waals surface area (Å²) in [5.41, 5.74) is 3.56. The van der Waals surface area contributed by atoms with Crippen LogP contribution in [0.15, 0.2) is 66.9 Å². The molecule has 1 aliphatic carbocycles. The van der Waals surface area contributed by atoms with Crippen molar-refractivity contribution in [1.82, 2.24) is 9.97 Å². The van der Waals surface area contributed by atoms with Gasteiger partial charge in [0, 0.05) is 24.4 Å². The Morgan fingerprint density at radius 2 is 1.85 bits per heavy atom. The molecule has 5 rings (SSSR count). The summed E-state index contributed by atoms with van der Waals surface area (Å²) in [6.07, 6.45) is 4.72. The highest BCUT2D eigenvalue weighted by Crippen LogP contribution is 2.26. The SMILES string of the molecule is N#Cc1cc(Nc2ncc3c(n2)CCCCC3=O)cc(OCc2ccc3ccccc3c2)c1. The van der Waals surface area contributed by atoms with Gasteiger partial charge >= 0.3 is 0 Å². The van der Waals surface area contributed by atoms with Gasteiger partial charge in [-0.2, -0.15) is 5.26 Å². The maximum absolute atomic E-state index is 12.2. The predicted molar refractivity (Wildman–Crippen MR) is 127 cm³/mol. The van der Waals surface area contributed by atoms with Crippen molar-refractivity contribution in [2.45, 2.75) is 32.3 Å². The number of hydrogen-bond acceptors (Lipinski definition) is 6. The molecule has 1 heterocycles. The largest absolute Gasteiger partial charge is 0.489 e. The third-order valence-electron chi connectivity index (χ3n) is 5.75. The van der Waals surface area contributed by atoms with Crippen LogP contribution in [0, 0.1) is 11.3 Å². The number of ketones is 1. The molecule has 1 N–H and O–H groups in total. The number of hydrogen-bond donors (Lipinski definition) is 1. The molecule has 0 saturated heterocycles. The summed E-state index contributed by atoms with van der Waals surface area (Å²) in [7, 11) is 0. The molecule has 0 aliphatic heterocycles. The number of rotatable bonds is 5. The normalized spacial score (nSPS) is 13.1. The Morgan fingerprint density at radius 3 is 2.73 bits per heavy atom. The van der Waals surface area contributed by atoms with Crippen LogP contribution in [0.3, 0.4) is 0 Å². The molecule has 162 valence electrons. The molecule has 0 spiro atoms. The van der Waals surface area contributed by atoms with Crippen LogP contribution in [-0.2, 0) is 13.0 Å². The van der Waals surface area contributed by atoms with Crippen molar-refractivity contribution in [3.05, 3.63) is 89.2 Å². The first-order valence-electron chi connectivity index (χ1n) is 11.0. The molecular formula is C27H22N4O2. The zero-order chi connectivity index (χ0) is 22.6. The van der Waals surface area contributed by atoms with Crippen molar-refractivity contribution in [3.63, 3.8) is 0 Å². The minimum Gasteiger partial charge on any atom is -0.489 e. The fraction of sp³-hybridized carbons (Fsp3) is 0.185. The van der Waals surface area contributed by atoms with Crippen LogP contribution in [0.5, 0.6) is 5.75 Å². The van der Waals surface area contributed by atoms with Crippen molar-refractivity contribution in [2.24, 2.45) is 0 Å². The molecule has 4 aromatic rings. The molecule has 1 aromatic heterocycles. The molecule has 6 heteroatoms. The third kappa shape index (κ3) is 4.68. The number of aromatic nitrogens is 2. The number of nitrogens with one attached hydrogen (secondary N) is 1. The van der Waals surface area contributed by atoms with Gasteiger partial charge in [0.1, 0.15) is 12.4 Å². The van der Waals surface area contributed by atoms with Crippen LogP contribution in [0.4, 0.5) is 11.6 Å². The molecule has 0 saturated carbocycles. The van der Waals surface area contributed by atoms with Crippen LogP contribution < -0.4 is 10.1 Å². The number of benzene rings is 3. The van der Waals surface area contributed by atoms with E-state index in [2.05, 4.69) is 45.6 Å². The monoisotopic (exact) mass is 434 g/mol. The molecular weight excluding hydrogens is 412 g/mol. The molecule has 0 fully saturated rings. The van der Waals surface area contributed by atoms with Gasteiger partial charge in [-0.1, -0.05) is 36.4 Å². The second kappa shape index (κ2) is 9.09. The molecule has 0 bridgehead atoms. The fourth-order valence-electron chi connectivity index (χ4n) is 4.06. The molecule has 0 radical (unpaired) electrons. The van der Waals surface area contributed by atoms with Gasteiger partial charge in [-0.15, -0.1) is 0 Å². The number of Topliss-reactive ketones (excluding diaryl/α,β-unsaturated/α-hetero) is 1. The highest BCUT2D eigenvalue weighted by atomic mass is 16.5. The number of nitriles is 1. The molecule has 1 aliphatic rings. The smallest absolute Gasteiger partial charge is 0.227 e. The summed E-state index contributed by atoms with van der Waals surface area (Å²) in [5, 5.41) is 15.0. The Morgan fingerprint density at radius 1 is 1.00 bits per heavy atom. The number of nitrogens with zero attached hydrogens (tertiary/aromatic N) is 3. The minimum absolute atomic E-state index is 0.102. The average Bonchev–Trinajstić information content (AvgIpc) is 3.03. The summed E-state index contributed by atoms with van der Waals surface area (Å²) in [5.74, 6) is 1.08. The van der Waals surface area contributed by atoms with E-state index in [-0.39, 0.29) is 5.78 Å². The summed E-state index contributed by atoms with van der Waals surface area (Å²) in [4.78, 5) is 21.1. The third-order valence-corrected chi connectivity index (χ3v) is 5.75. The second-order valence-electron chi connectivity index (χ2n) is 8.14. The Bertz CT molecular complexity index is 1390. The van der Waals surface area contributed by atoms with Gasteiger partial charge in [-0.25, -0.2) is 9.97 Å². The van der Waals surface area contributed by atoms with Crippen molar-refractivity contribution in [3.8, 4) is 11.8 Å². The predicted octanol–water partition coefficient (Wildman–Crippen LogP) is 5.73. The maximum atomic E-state index is 12.2. The van der Waals surface area contributed by atoms with E-state index in [1.807, 2.05) is 24.3 Å². The van der Waals surface area contributed by atoms with Crippen LogP contribution in [0.2, 0.25) is 0 Å². The zero-order valence-corrected chi connectivity index (χ0v) is 18.0.